The van der Waals surface area contributed by atoms with Crippen LogP contribution in [0, 0.1) is 5.41 Å². The van der Waals surface area contributed by atoms with Gasteiger partial charge in [0.1, 0.15) is 5.76 Å². The van der Waals surface area contributed by atoms with Gasteiger partial charge in [-0.05, 0) is 24.3 Å². The van der Waals surface area contributed by atoms with Crippen molar-refractivity contribution in [2.75, 3.05) is 6.61 Å². The summed E-state index contributed by atoms with van der Waals surface area (Å²) in [5, 5.41) is 0. The molecule has 0 aromatic rings. The zero-order chi connectivity index (χ0) is 9.78. The second-order valence-corrected chi connectivity index (χ2v) is 4.01. The highest BCUT2D eigenvalue weighted by Gasteiger charge is 2.15. The molecule has 1 nitrogen and oxygen atoms in total. The van der Waals surface area contributed by atoms with Gasteiger partial charge in [0.25, 0.3) is 0 Å². The first-order chi connectivity index (χ1) is 5.39. The largest absolute Gasteiger partial charge is 0.493 e. The van der Waals surface area contributed by atoms with Crippen LogP contribution in [0.2, 0.25) is 0 Å². The van der Waals surface area contributed by atoms with E-state index in [1.54, 1.807) is 0 Å². The van der Waals surface area contributed by atoms with Gasteiger partial charge in [0, 0.05) is 0 Å². The van der Waals surface area contributed by atoms with Crippen LogP contribution in [0.4, 0.5) is 0 Å². The number of hydrogen-bond acceptors (Lipinski definition) is 1. The lowest BCUT2D eigenvalue weighted by atomic mass is 9.92. The van der Waals surface area contributed by atoms with Crippen molar-refractivity contribution < 1.29 is 4.74 Å². The van der Waals surface area contributed by atoms with Crippen LogP contribution in [-0.2, 0) is 4.74 Å². The molecule has 70 valence electrons. The minimum atomic E-state index is 0.235. The molecule has 0 aromatic carbocycles. The van der Waals surface area contributed by atoms with Crippen LogP contribution in [0.15, 0.2) is 24.5 Å². The molecule has 0 rings (SSSR count). The SMILES string of the molecule is C=C(C)C(=C)OCC(C)(C)CC. The number of rotatable bonds is 5. The number of allylic oxidation sites excluding steroid dienone is 1. The molecule has 0 amide bonds. The van der Waals surface area contributed by atoms with Crippen molar-refractivity contribution in [2.24, 2.45) is 5.41 Å². The third kappa shape index (κ3) is 4.22. The van der Waals surface area contributed by atoms with Gasteiger partial charge in [0.15, 0.2) is 0 Å². The highest BCUT2D eigenvalue weighted by molar-refractivity contribution is 5.15. The lowest BCUT2D eigenvalue weighted by molar-refractivity contribution is 0.118. The molecule has 0 saturated heterocycles. The highest BCUT2D eigenvalue weighted by atomic mass is 16.5. The lowest BCUT2D eigenvalue weighted by Crippen LogP contribution is -2.17. The summed E-state index contributed by atoms with van der Waals surface area (Å²) in [4.78, 5) is 0. The van der Waals surface area contributed by atoms with Crippen LogP contribution in [0.5, 0.6) is 0 Å². The van der Waals surface area contributed by atoms with Gasteiger partial charge in [0.2, 0.25) is 0 Å². The smallest absolute Gasteiger partial charge is 0.114 e. The van der Waals surface area contributed by atoms with Crippen molar-refractivity contribution in [1.29, 1.82) is 0 Å². The van der Waals surface area contributed by atoms with E-state index in [0.29, 0.717) is 5.76 Å². The Hall–Kier alpha value is -0.720. The maximum absolute atomic E-state index is 5.47. The molecule has 1 heteroatoms. The molecule has 0 spiro atoms. The second kappa shape index (κ2) is 4.34. The minimum Gasteiger partial charge on any atom is -0.493 e. The van der Waals surface area contributed by atoms with Gasteiger partial charge in [-0.2, -0.15) is 0 Å². The third-order valence-corrected chi connectivity index (χ3v) is 2.07. The van der Waals surface area contributed by atoms with E-state index in [0.717, 1.165) is 18.6 Å². The Bertz CT molecular complexity index is 177. The van der Waals surface area contributed by atoms with Gasteiger partial charge in [-0.1, -0.05) is 33.9 Å². The van der Waals surface area contributed by atoms with E-state index in [1.807, 2.05) is 6.92 Å². The van der Waals surface area contributed by atoms with Gasteiger partial charge in [-0.3, -0.25) is 0 Å². The van der Waals surface area contributed by atoms with Crippen LogP contribution in [0.25, 0.3) is 0 Å². The fraction of sp³-hybridized carbons (Fsp3) is 0.636. The predicted molar refractivity (Wildman–Crippen MR) is 54.0 cm³/mol. The Morgan fingerprint density at radius 3 is 2.17 bits per heavy atom. The first-order valence-corrected chi connectivity index (χ1v) is 4.36. The van der Waals surface area contributed by atoms with E-state index in [9.17, 15) is 0 Å². The molecule has 0 aliphatic heterocycles. The quantitative estimate of drug-likeness (QED) is 0.451. The van der Waals surface area contributed by atoms with Gasteiger partial charge in [0.05, 0.1) is 6.61 Å². The summed E-state index contributed by atoms with van der Waals surface area (Å²) in [5.74, 6) is 0.705. The molecule has 0 aliphatic rings. The number of ether oxygens (including phenoxy) is 1. The molecule has 0 radical (unpaired) electrons. The molecule has 0 saturated carbocycles. The van der Waals surface area contributed by atoms with Gasteiger partial charge in [-0.25, -0.2) is 0 Å². The van der Waals surface area contributed by atoms with E-state index >= 15 is 0 Å². The van der Waals surface area contributed by atoms with Crippen molar-refractivity contribution in [1.82, 2.24) is 0 Å². The first-order valence-electron chi connectivity index (χ1n) is 4.36. The highest BCUT2D eigenvalue weighted by Crippen LogP contribution is 2.21. The molecule has 0 heterocycles. The fourth-order valence-corrected chi connectivity index (χ4v) is 0.508. The van der Waals surface area contributed by atoms with E-state index in [2.05, 4.69) is 33.9 Å². The average molecular weight is 168 g/mol. The molecule has 0 unspecified atom stereocenters. The summed E-state index contributed by atoms with van der Waals surface area (Å²) in [7, 11) is 0. The predicted octanol–water partition coefficient (Wildman–Crippen LogP) is 3.53. The van der Waals surface area contributed by atoms with Crippen molar-refractivity contribution in [2.45, 2.75) is 34.1 Å². The Kier molecular flexibility index (Phi) is 4.08. The zero-order valence-electron chi connectivity index (χ0n) is 8.74. The summed E-state index contributed by atoms with van der Waals surface area (Å²) in [5.41, 5.74) is 1.14. The van der Waals surface area contributed by atoms with Crippen molar-refractivity contribution >= 4 is 0 Å². The zero-order valence-corrected chi connectivity index (χ0v) is 8.74. The summed E-state index contributed by atoms with van der Waals surface area (Å²) < 4.78 is 5.47. The Balaban J connectivity index is 3.83. The van der Waals surface area contributed by atoms with Crippen LogP contribution >= 0.6 is 0 Å². The van der Waals surface area contributed by atoms with Crippen molar-refractivity contribution in [3.8, 4) is 0 Å². The van der Waals surface area contributed by atoms with Gasteiger partial charge >= 0.3 is 0 Å². The molecule has 0 N–H and O–H groups in total. The van der Waals surface area contributed by atoms with Crippen LogP contribution < -0.4 is 0 Å². The third-order valence-electron chi connectivity index (χ3n) is 2.07. The van der Waals surface area contributed by atoms with E-state index in [4.69, 9.17) is 4.74 Å². The Labute approximate surface area is 76.1 Å². The summed E-state index contributed by atoms with van der Waals surface area (Å²) >= 11 is 0. The van der Waals surface area contributed by atoms with Gasteiger partial charge < -0.3 is 4.74 Å². The molecular formula is C11H20O. The summed E-state index contributed by atoms with van der Waals surface area (Å²) in [6.45, 7) is 16.7. The summed E-state index contributed by atoms with van der Waals surface area (Å²) in [6.07, 6.45) is 1.11. The topological polar surface area (TPSA) is 9.23 Å². The van der Waals surface area contributed by atoms with E-state index in [1.165, 1.54) is 0 Å². The normalized spacial score (nSPS) is 11.0. The first kappa shape index (κ1) is 11.3. The molecule has 0 aliphatic carbocycles. The Morgan fingerprint density at radius 2 is 1.83 bits per heavy atom. The van der Waals surface area contributed by atoms with E-state index < -0.39 is 0 Å². The van der Waals surface area contributed by atoms with Gasteiger partial charge in [-0.15, -0.1) is 0 Å². The van der Waals surface area contributed by atoms with Crippen LogP contribution in [0.3, 0.4) is 0 Å². The second-order valence-electron chi connectivity index (χ2n) is 4.01. The molecular weight excluding hydrogens is 148 g/mol. The standard InChI is InChI=1S/C11H20O/c1-7-11(5,6)8-12-10(4)9(2)3/h2,4,7-8H2,1,3,5-6H3. The average Bonchev–Trinajstić information content (AvgIpc) is 2.00. The summed E-state index contributed by atoms with van der Waals surface area (Å²) in [6, 6.07) is 0. The number of hydrogen-bond donors (Lipinski definition) is 0. The molecule has 0 aromatic heterocycles. The fourth-order valence-electron chi connectivity index (χ4n) is 0.508. The maximum Gasteiger partial charge on any atom is 0.114 e. The van der Waals surface area contributed by atoms with Crippen LogP contribution in [-0.4, -0.2) is 6.61 Å². The van der Waals surface area contributed by atoms with Crippen molar-refractivity contribution in [3.05, 3.63) is 24.5 Å². The lowest BCUT2D eigenvalue weighted by Gasteiger charge is -2.23. The van der Waals surface area contributed by atoms with E-state index in [-0.39, 0.29) is 5.41 Å². The van der Waals surface area contributed by atoms with Crippen LogP contribution in [0.1, 0.15) is 34.1 Å². The molecule has 0 atom stereocenters. The maximum atomic E-state index is 5.47. The minimum absolute atomic E-state index is 0.235. The molecule has 12 heavy (non-hydrogen) atoms. The Morgan fingerprint density at radius 1 is 1.33 bits per heavy atom. The van der Waals surface area contributed by atoms with Crippen molar-refractivity contribution in [3.63, 3.8) is 0 Å². The molecule has 0 bridgehead atoms. The molecule has 0 fully saturated rings. The monoisotopic (exact) mass is 168 g/mol.